The molecular formula is C19H24N4O. The second-order valence-corrected chi connectivity index (χ2v) is 5.96. The topological polar surface area (TPSA) is 53.2 Å². The monoisotopic (exact) mass is 324 g/mol. The number of benzene rings is 2. The number of hydrogen-bond donors (Lipinski definition) is 2. The molecule has 2 N–H and O–H groups in total. The van der Waals surface area contributed by atoms with Gasteiger partial charge in [-0.05, 0) is 31.8 Å². The van der Waals surface area contributed by atoms with E-state index in [-0.39, 0.29) is 0 Å². The molecule has 0 spiro atoms. The fraction of sp³-hybridized carbons (Fsp3) is 0.316. The van der Waals surface area contributed by atoms with Crippen molar-refractivity contribution in [3.8, 4) is 5.75 Å². The molecule has 0 saturated carbocycles. The minimum absolute atomic E-state index is 0.556. The normalized spacial score (nSPS) is 11.3. The Bertz CT molecular complexity index is 769. The molecule has 5 nitrogen and oxygen atoms in total. The molecule has 1 heterocycles. The second kappa shape index (κ2) is 7.95. The van der Waals surface area contributed by atoms with E-state index in [1.165, 1.54) is 0 Å². The Labute approximate surface area is 142 Å². The molecule has 24 heavy (non-hydrogen) atoms. The van der Waals surface area contributed by atoms with E-state index in [0.717, 1.165) is 47.5 Å². The Hall–Kier alpha value is -2.37. The molecule has 0 bridgehead atoms. The van der Waals surface area contributed by atoms with Crippen LogP contribution in [0.3, 0.4) is 0 Å². The molecule has 5 heteroatoms. The van der Waals surface area contributed by atoms with Crippen LogP contribution in [0.15, 0.2) is 48.5 Å². The van der Waals surface area contributed by atoms with Crippen molar-refractivity contribution >= 4 is 10.9 Å². The average Bonchev–Trinajstić information content (AvgIpc) is 3.02. The SMILES string of the molecule is CNCCN(C)Cc1n[nH]c2cccc(OCc3ccccc3)c12. The summed E-state index contributed by atoms with van der Waals surface area (Å²) in [4.78, 5) is 2.25. The van der Waals surface area contributed by atoms with Crippen molar-refractivity contribution in [2.45, 2.75) is 13.2 Å². The van der Waals surface area contributed by atoms with Crippen LogP contribution >= 0.6 is 0 Å². The Morgan fingerprint density at radius 2 is 1.96 bits per heavy atom. The highest BCUT2D eigenvalue weighted by Gasteiger charge is 2.13. The number of fused-ring (bicyclic) bond motifs is 1. The van der Waals surface area contributed by atoms with Crippen molar-refractivity contribution in [1.29, 1.82) is 0 Å². The first-order valence-corrected chi connectivity index (χ1v) is 8.24. The van der Waals surface area contributed by atoms with Gasteiger partial charge < -0.3 is 10.1 Å². The third kappa shape index (κ3) is 3.93. The molecule has 0 aliphatic rings. The van der Waals surface area contributed by atoms with Gasteiger partial charge in [0.05, 0.1) is 16.6 Å². The molecule has 3 aromatic rings. The van der Waals surface area contributed by atoms with E-state index in [2.05, 4.69) is 39.6 Å². The maximum Gasteiger partial charge on any atom is 0.131 e. The Morgan fingerprint density at radius 1 is 1.12 bits per heavy atom. The number of likely N-dealkylation sites (N-methyl/N-ethyl adjacent to an activating group) is 2. The molecule has 0 aliphatic heterocycles. The molecule has 0 radical (unpaired) electrons. The third-order valence-corrected chi connectivity index (χ3v) is 4.03. The van der Waals surface area contributed by atoms with Crippen LogP contribution in [0.4, 0.5) is 0 Å². The van der Waals surface area contributed by atoms with Crippen LogP contribution in [0.25, 0.3) is 10.9 Å². The lowest BCUT2D eigenvalue weighted by Crippen LogP contribution is -2.27. The van der Waals surface area contributed by atoms with Gasteiger partial charge in [0.25, 0.3) is 0 Å². The van der Waals surface area contributed by atoms with Gasteiger partial charge in [-0.3, -0.25) is 10.00 Å². The van der Waals surface area contributed by atoms with Gasteiger partial charge in [0, 0.05) is 19.6 Å². The summed E-state index contributed by atoms with van der Waals surface area (Å²) in [7, 11) is 4.07. The minimum Gasteiger partial charge on any atom is -0.488 e. The Balaban J connectivity index is 1.79. The van der Waals surface area contributed by atoms with Gasteiger partial charge in [0.2, 0.25) is 0 Å². The average molecular weight is 324 g/mol. The highest BCUT2D eigenvalue weighted by molar-refractivity contribution is 5.87. The van der Waals surface area contributed by atoms with Crippen LogP contribution in [-0.4, -0.2) is 42.3 Å². The van der Waals surface area contributed by atoms with E-state index in [0.29, 0.717) is 6.61 Å². The smallest absolute Gasteiger partial charge is 0.131 e. The number of ether oxygens (including phenoxy) is 1. The summed E-state index contributed by atoms with van der Waals surface area (Å²) >= 11 is 0. The highest BCUT2D eigenvalue weighted by Crippen LogP contribution is 2.28. The first-order valence-electron chi connectivity index (χ1n) is 8.24. The summed E-state index contributed by atoms with van der Waals surface area (Å²) < 4.78 is 6.08. The summed E-state index contributed by atoms with van der Waals surface area (Å²) in [6, 6.07) is 16.3. The van der Waals surface area contributed by atoms with Gasteiger partial charge in [-0.2, -0.15) is 5.10 Å². The fourth-order valence-electron chi connectivity index (χ4n) is 2.71. The van der Waals surface area contributed by atoms with E-state index in [9.17, 15) is 0 Å². The Morgan fingerprint density at radius 3 is 2.75 bits per heavy atom. The van der Waals surface area contributed by atoms with Crippen LogP contribution in [-0.2, 0) is 13.2 Å². The number of H-pyrrole nitrogens is 1. The summed E-state index contributed by atoms with van der Waals surface area (Å²) in [5.41, 5.74) is 3.19. The van der Waals surface area contributed by atoms with Crippen LogP contribution < -0.4 is 10.1 Å². The fourth-order valence-corrected chi connectivity index (χ4v) is 2.71. The largest absolute Gasteiger partial charge is 0.488 e. The van der Waals surface area contributed by atoms with Crippen molar-refractivity contribution in [2.24, 2.45) is 0 Å². The molecular weight excluding hydrogens is 300 g/mol. The van der Waals surface area contributed by atoms with Crippen molar-refractivity contribution < 1.29 is 4.74 Å². The van der Waals surface area contributed by atoms with Crippen molar-refractivity contribution in [1.82, 2.24) is 20.4 Å². The molecule has 1 aromatic heterocycles. The standard InChI is InChI=1S/C19H24N4O/c1-20-11-12-23(2)13-17-19-16(21-22-17)9-6-10-18(19)24-14-15-7-4-3-5-8-15/h3-10,20H,11-14H2,1-2H3,(H,21,22). The van der Waals surface area contributed by atoms with E-state index in [1.807, 2.05) is 43.4 Å². The number of aromatic amines is 1. The van der Waals surface area contributed by atoms with Crippen LogP contribution in [0.1, 0.15) is 11.3 Å². The summed E-state index contributed by atoms with van der Waals surface area (Å²) in [6.45, 7) is 3.27. The van der Waals surface area contributed by atoms with E-state index >= 15 is 0 Å². The number of nitrogens with zero attached hydrogens (tertiary/aromatic N) is 2. The first-order chi connectivity index (χ1) is 11.8. The minimum atomic E-state index is 0.556. The van der Waals surface area contributed by atoms with Gasteiger partial charge >= 0.3 is 0 Å². The lowest BCUT2D eigenvalue weighted by molar-refractivity contribution is 0.307. The van der Waals surface area contributed by atoms with E-state index in [4.69, 9.17) is 4.74 Å². The van der Waals surface area contributed by atoms with Gasteiger partial charge in [0.15, 0.2) is 0 Å². The maximum atomic E-state index is 6.08. The number of nitrogens with one attached hydrogen (secondary N) is 2. The predicted octanol–water partition coefficient (Wildman–Crippen LogP) is 2.79. The predicted molar refractivity (Wildman–Crippen MR) is 97.1 cm³/mol. The van der Waals surface area contributed by atoms with Gasteiger partial charge in [0.1, 0.15) is 12.4 Å². The molecule has 0 unspecified atom stereocenters. The zero-order chi connectivity index (χ0) is 16.8. The van der Waals surface area contributed by atoms with Crippen molar-refractivity contribution in [3.05, 3.63) is 59.8 Å². The Kier molecular flexibility index (Phi) is 5.46. The molecule has 126 valence electrons. The zero-order valence-electron chi connectivity index (χ0n) is 14.2. The molecule has 3 rings (SSSR count). The molecule has 0 aliphatic carbocycles. The zero-order valence-corrected chi connectivity index (χ0v) is 14.2. The molecule has 0 atom stereocenters. The quantitative estimate of drug-likeness (QED) is 0.669. The molecule has 0 saturated heterocycles. The van der Waals surface area contributed by atoms with Gasteiger partial charge in [-0.15, -0.1) is 0 Å². The van der Waals surface area contributed by atoms with E-state index in [1.54, 1.807) is 0 Å². The van der Waals surface area contributed by atoms with Crippen molar-refractivity contribution in [2.75, 3.05) is 27.2 Å². The summed E-state index contributed by atoms with van der Waals surface area (Å²) in [5.74, 6) is 0.877. The summed E-state index contributed by atoms with van der Waals surface area (Å²) in [5, 5.41) is 11.9. The van der Waals surface area contributed by atoms with Crippen molar-refractivity contribution in [3.63, 3.8) is 0 Å². The number of aromatic nitrogens is 2. The molecule has 2 aromatic carbocycles. The van der Waals surface area contributed by atoms with Crippen LogP contribution in [0.5, 0.6) is 5.75 Å². The third-order valence-electron chi connectivity index (χ3n) is 4.03. The highest BCUT2D eigenvalue weighted by atomic mass is 16.5. The second-order valence-electron chi connectivity index (χ2n) is 5.96. The lowest BCUT2D eigenvalue weighted by Gasteiger charge is -2.15. The van der Waals surface area contributed by atoms with Crippen LogP contribution in [0, 0.1) is 0 Å². The summed E-state index contributed by atoms with van der Waals surface area (Å²) in [6.07, 6.45) is 0. The molecule has 0 fully saturated rings. The van der Waals surface area contributed by atoms with Gasteiger partial charge in [-0.1, -0.05) is 36.4 Å². The van der Waals surface area contributed by atoms with Gasteiger partial charge in [-0.25, -0.2) is 0 Å². The van der Waals surface area contributed by atoms with E-state index < -0.39 is 0 Å². The first kappa shape index (κ1) is 16.5. The lowest BCUT2D eigenvalue weighted by atomic mass is 10.1. The number of hydrogen-bond acceptors (Lipinski definition) is 4. The van der Waals surface area contributed by atoms with Crippen LogP contribution in [0.2, 0.25) is 0 Å². The number of rotatable bonds is 8. The molecule has 0 amide bonds. The maximum absolute atomic E-state index is 6.08.